The number of nitrogens with zero attached hydrogens (tertiary/aromatic N) is 1. The smallest absolute Gasteiger partial charge is 0.326 e. The highest BCUT2D eigenvalue weighted by Gasteiger charge is 2.53. The lowest BCUT2D eigenvalue weighted by atomic mass is 9.94. The first-order chi connectivity index (χ1) is 33.2. The zero-order valence-corrected chi connectivity index (χ0v) is 39.4. The largest absolute Gasteiger partial charge is 0.480 e. The number of amides is 6. The summed E-state index contributed by atoms with van der Waals surface area (Å²) in [5.41, 5.74) is 16.1. The second-order valence-electron chi connectivity index (χ2n) is 16.8. The van der Waals surface area contributed by atoms with Gasteiger partial charge in [-0.15, -0.1) is 0 Å². The summed E-state index contributed by atoms with van der Waals surface area (Å²) in [6.45, 7) is 2.76. The maximum Gasteiger partial charge on any atom is 0.326 e. The van der Waals surface area contributed by atoms with Crippen molar-refractivity contribution in [2.45, 2.75) is 170 Å². The molecule has 0 bridgehead atoms. The fourth-order valence-corrected chi connectivity index (χ4v) is 7.28. The summed E-state index contributed by atoms with van der Waals surface area (Å²) in [6.07, 6.45) is -16.7. The number of hydrogen-bond acceptors (Lipinski definition) is 20. The van der Waals surface area contributed by atoms with Crippen LogP contribution in [0.4, 0.5) is 0 Å². The van der Waals surface area contributed by atoms with Crippen LogP contribution in [0.25, 0.3) is 0 Å². The minimum absolute atomic E-state index is 0.0298. The van der Waals surface area contributed by atoms with Gasteiger partial charge in [0.25, 0.3) is 0 Å². The highest BCUT2D eigenvalue weighted by atomic mass is 16.7. The van der Waals surface area contributed by atoms with E-state index in [9.17, 15) is 78.9 Å². The number of carboxylic acids is 3. The zero-order valence-electron chi connectivity index (χ0n) is 39.4. The van der Waals surface area contributed by atoms with Gasteiger partial charge in [0.05, 0.1) is 13.2 Å². The van der Waals surface area contributed by atoms with Crippen LogP contribution in [0.15, 0.2) is 4.99 Å². The Morgan fingerprint density at radius 1 is 0.648 bits per heavy atom. The van der Waals surface area contributed by atoms with E-state index in [1.165, 1.54) is 6.92 Å². The lowest BCUT2D eigenvalue weighted by Gasteiger charge is -2.48. The third-order valence-electron chi connectivity index (χ3n) is 11.1. The fraction of sp³-hybridized carbons (Fsp3) is 0.750. The number of carbonyl (C=O) groups is 9. The Bertz CT molecular complexity index is 1880. The Hall–Kier alpha value is -5.90. The van der Waals surface area contributed by atoms with E-state index in [4.69, 9.17) is 41.3 Å². The number of aliphatic carboxylic acids is 3. The number of aliphatic hydroxyl groups excluding tert-OH is 5. The van der Waals surface area contributed by atoms with Crippen molar-refractivity contribution >= 4 is 59.3 Å². The third kappa shape index (κ3) is 19.7. The fourth-order valence-electron chi connectivity index (χ4n) is 7.28. The minimum atomic E-state index is -1.92. The predicted molar refractivity (Wildman–Crippen MR) is 237 cm³/mol. The molecule has 2 aliphatic heterocycles. The van der Waals surface area contributed by atoms with Crippen molar-refractivity contribution < 1.29 is 103 Å². The van der Waals surface area contributed by atoms with Crippen molar-refractivity contribution in [3.8, 4) is 0 Å². The molecule has 0 aromatic heterocycles. The number of aliphatic hydroxyl groups is 5. The van der Waals surface area contributed by atoms with Crippen LogP contribution >= 0.6 is 0 Å². The summed E-state index contributed by atoms with van der Waals surface area (Å²) in [7, 11) is 0. The highest BCUT2D eigenvalue weighted by molar-refractivity contribution is 5.92. The highest BCUT2D eigenvalue weighted by Crippen LogP contribution is 2.31. The van der Waals surface area contributed by atoms with Crippen molar-refractivity contribution in [1.82, 2.24) is 31.9 Å². The maximum absolute atomic E-state index is 13.5. The average molecular weight is 1030 g/mol. The van der Waals surface area contributed by atoms with Crippen LogP contribution in [0.5, 0.6) is 0 Å². The number of aliphatic imine (C=N–C) groups is 1. The number of carboxylic acid groups (broad SMARTS) is 3. The topological polar surface area (TPSA) is 515 Å². The standard InChI is InChI=1S/C40H68N10O21/c1-15(32(58)49-22(37(65)66)10-11-25(55)48-20(8-5-7-19(41)35(61)62)34(60)50-21(36(63)64)9-6-12-44-40(42)43)45-33(59)16(2)68-31-27(47-18(4)54)38(67)69-24(14-52)30(31)71-39-26(46-17(3)53)29(57)28(56)23(13-51)70-39/h15-16,19-24,26-31,38-39,51-52,56-57,67H,5-14,41H2,1-4H3,(H,45,59)(H,46,53)(H,47,54)(H,48,55)(H,49,58)(H,50,60)(H,61,62)(H,63,64)(H,65,66)(H4,42,43,44). The van der Waals surface area contributed by atoms with E-state index < -0.39 is 177 Å². The Morgan fingerprint density at radius 3 is 1.76 bits per heavy atom. The predicted octanol–water partition coefficient (Wildman–Crippen LogP) is -8.15. The van der Waals surface area contributed by atoms with Gasteiger partial charge in [0.15, 0.2) is 18.5 Å². The van der Waals surface area contributed by atoms with Gasteiger partial charge < -0.3 is 109 Å². The molecular formula is C40H68N10O21. The number of hydrogen-bond donors (Lipinski definition) is 17. The number of guanidine groups is 1. The van der Waals surface area contributed by atoms with E-state index in [0.717, 1.165) is 20.8 Å². The molecule has 31 heteroatoms. The zero-order chi connectivity index (χ0) is 53.9. The molecule has 0 saturated carbocycles. The monoisotopic (exact) mass is 1020 g/mol. The molecule has 2 aliphatic rings. The van der Waals surface area contributed by atoms with E-state index in [-0.39, 0.29) is 44.6 Å². The van der Waals surface area contributed by atoms with Crippen LogP contribution in [-0.4, -0.2) is 218 Å². The van der Waals surface area contributed by atoms with Crippen LogP contribution in [0, 0.1) is 0 Å². The molecule has 6 amide bonds. The van der Waals surface area contributed by atoms with Crippen LogP contribution < -0.4 is 49.1 Å². The SMILES string of the molecule is CC(=O)NC1C(OC2C(CO)OC(O)C(NC(C)=O)C2OC(C)C(=O)NC(C)C(=O)NC(CCC(=O)NC(CCCC(N)C(=O)O)C(=O)NC(CCCN=C(N)N)C(=O)O)C(=O)O)OC(CO)C(O)C1O. The van der Waals surface area contributed by atoms with Crippen LogP contribution in [0.2, 0.25) is 0 Å². The van der Waals surface area contributed by atoms with Gasteiger partial charge in [0.2, 0.25) is 35.4 Å². The Morgan fingerprint density at radius 2 is 1.21 bits per heavy atom. The first kappa shape index (κ1) is 61.2. The molecule has 2 saturated heterocycles. The Labute approximate surface area is 405 Å². The Kier molecular flexibility index (Phi) is 25.4. The van der Waals surface area contributed by atoms with E-state index in [1.54, 1.807) is 0 Å². The van der Waals surface area contributed by atoms with E-state index in [1.807, 2.05) is 0 Å². The van der Waals surface area contributed by atoms with Gasteiger partial charge in [-0.1, -0.05) is 0 Å². The lowest BCUT2D eigenvalue weighted by Crippen LogP contribution is -2.70. The van der Waals surface area contributed by atoms with Crippen LogP contribution in [0.1, 0.15) is 72.6 Å². The summed E-state index contributed by atoms with van der Waals surface area (Å²) < 4.78 is 23.1. The summed E-state index contributed by atoms with van der Waals surface area (Å²) >= 11 is 0. The van der Waals surface area contributed by atoms with Crippen molar-refractivity contribution in [3.05, 3.63) is 0 Å². The van der Waals surface area contributed by atoms with Gasteiger partial charge in [0, 0.05) is 26.8 Å². The normalized spacial score (nSPS) is 26.6. The summed E-state index contributed by atoms with van der Waals surface area (Å²) in [4.78, 5) is 117. The lowest BCUT2D eigenvalue weighted by molar-refractivity contribution is -0.333. The molecule has 71 heavy (non-hydrogen) atoms. The summed E-state index contributed by atoms with van der Waals surface area (Å²) in [5.74, 6) is -10.1. The van der Waals surface area contributed by atoms with E-state index >= 15 is 0 Å². The summed E-state index contributed by atoms with van der Waals surface area (Å²) in [5, 5.41) is 94.8. The molecular weight excluding hydrogens is 956 g/mol. The second-order valence-corrected chi connectivity index (χ2v) is 16.8. The number of ether oxygens (including phenoxy) is 4. The summed E-state index contributed by atoms with van der Waals surface area (Å²) in [6, 6.07) is -10.6. The molecule has 404 valence electrons. The quantitative estimate of drug-likeness (QED) is 0.0188. The molecule has 16 atom stereocenters. The number of nitrogens with one attached hydrogen (secondary N) is 6. The van der Waals surface area contributed by atoms with Crippen LogP contribution in [-0.2, 0) is 62.1 Å². The molecule has 2 rings (SSSR count). The van der Waals surface area contributed by atoms with E-state index in [2.05, 4.69) is 36.9 Å². The molecule has 0 aliphatic carbocycles. The molecule has 16 unspecified atom stereocenters. The number of nitrogens with two attached hydrogens (primary N) is 3. The number of carbonyl (C=O) groups excluding carboxylic acids is 6. The van der Waals surface area contributed by atoms with Crippen molar-refractivity contribution in [2.24, 2.45) is 22.2 Å². The van der Waals surface area contributed by atoms with Gasteiger partial charge in [-0.3, -0.25) is 38.6 Å². The molecule has 20 N–H and O–H groups in total. The maximum atomic E-state index is 13.5. The molecule has 2 fully saturated rings. The molecule has 2 heterocycles. The van der Waals surface area contributed by atoms with Gasteiger partial charge in [-0.25, -0.2) is 9.59 Å². The van der Waals surface area contributed by atoms with E-state index in [0.29, 0.717) is 0 Å². The molecule has 0 radical (unpaired) electrons. The van der Waals surface area contributed by atoms with Gasteiger partial charge in [-0.05, 0) is 52.4 Å². The third-order valence-corrected chi connectivity index (χ3v) is 11.1. The van der Waals surface area contributed by atoms with Gasteiger partial charge >= 0.3 is 17.9 Å². The van der Waals surface area contributed by atoms with Gasteiger partial charge in [-0.2, -0.15) is 0 Å². The second kappa shape index (κ2) is 29.4. The molecule has 0 spiro atoms. The average Bonchev–Trinajstić information content (AvgIpc) is 3.28. The first-order valence-corrected chi connectivity index (χ1v) is 22.3. The van der Waals surface area contributed by atoms with Crippen molar-refractivity contribution in [1.29, 1.82) is 0 Å². The Balaban J connectivity index is 2.22. The van der Waals surface area contributed by atoms with Crippen LogP contribution in [0.3, 0.4) is 0 Å². The van der Waals surface area contributed by atoms with Gasteiger partial charge in [0.1, 0.15) is 85.0 Å². The first-order valence-electron chi connectivity index (χ1n) is 22.3. The van der Waals surface area contributed by atoms with Crippen molar-refractivity contribution in [3.63, 3.8) is 0 Å². The molecule has 0 aromatic carbocycles. The minimum Gasteiger partial charge on any atom is -0.480 e. The number of rotatable bonds is 29. The molecule has 31 nitrogen and oxygen atoms in total. The molecule has 0 aromatic rings. The van der Waals surface area contributed by atoms with Crippen molar-refractivity contribution in [2.75, 3.05) is 19.8 Å².